The van der Waals surface area contributed by atoms with Gasteiger partial charge in [-0.1, -0.05) is 30.3 Å². The van der Waals surface area contributed by atoms with Crippen LogP contribution in [0.5, 0.6) is 0 Å². The summed E-state index contributed by atoms with van der Waals surface area (Å²) in [4.78, 5) is 14.0. The average Bonchev–Trinajstić information content (AvgIpc) is 2.42. The maximum Gasteiger partial charge on any atom is 0.237 e. The average molecular weight is 259 g/mol. The second kappa shape index (κ2) is 7.55. The predicted molar refractivity (Wildman–Crippen MR) is 75.4 cm³/mol. The van der Waals surface area contributed by atoms with Gasteiger partial charge in [-0.05, 0) is 33.0 Å². The van der Waals surface area contributed by atoms with Crippen molar-refractivity contribution in [1.82, 2.24) is 10.2 Å². The van der Waals surface area contributed by atoms with Crippen LogP contribution in [0.3, 0.4) is 0 Å². The van der Waals surface area contributed by atoms with Gasteiger partial charge in [-0.25, -0.2) is 0 Å². The van der Waals surface area contributed by atoms with E-state index in [2.05, 4.69) is 11.4 Å². The molecule has 0 aromatic heterocycles. The maximum absolute atomic E-state index is 12.0. The highest BCUT2D eigenvalue weighted by molar-refractivity contribution is 5.81. The molecule has 4 heteroatoms. The number of carbonyl (C=O) groups is 1. The quantitative estimate of drug-likeness (QED) is 0.841. The Morgan fingerprint density at radius 3 is 2.53 bits per heavy atom. The highest BCUT2D eigenvalue weighted by atomic mass is 16.1. The summed E-state index contributed by atoms with van der Waals surface area (Å²) in [5.41, 5.74) is 1.00. The highest BCUT2D eigenvalue weighted by Crippen LogP contribution is 2.08. The Hall–Kier alpha value is -1.86. The van der Waals surface area contributed by atoms with Gasteiger partial charge < -0.3 is 10.2 Å². The van der Waals surface area contributed by atoms with E-state index in [1.165, 1.54) is 0 Å². The second-order valence-corrected chi connectivity index (χ2v) is 4.93. The molecule has 0 heterocycles. The molecular formula is C15H21N3O. The van der Waals surface area contributed by atoms with Crippen LogP contribution in [-0.4, -0.2) is 37.5 Å². The fourth-order valence-electron chi connectivity index (χ4n) is 1.60. The van der Waals surface area contributed by atoms with Gasteiger partial charge in [0.2, 0.25) is 5.91 Å². The van der Waals surface area contributed by atoms with Gasteiger partial charge in [0.05, 0.1) is 6.07 Å². The second-order valence-electron chi connectivity index (χ2n) is 4.93. The highest BCUT2D eigenvalue weighted by Gasteiger charge is 2.18. The molecule has 0 saturated carbocycles. The number of nitriles is 1. The number of nitrogens with one attached hydrogen (secondary N) is 1. The van der Waals surface area contributed by atoms with E-state index in [4.69, 9.17) is 5.26 Å². The lowest BCUT2D eigenvalue weighted by atomic mass is 10.00. The smallest absolute Gasteiger partial charge is 0.237 e. The molecule has 2 atom stereocenters. The molecule has 1 rings (SSSR count). The van der Waals surface area contributed by atoms with Crippen LogP contribution in [-0.2, 0) is 11.2 Å². The van der Waals surface area contributed by atoms with Gasteiger partial charge in [-0.2, -0.15) is 5.26 Å². The molecule has 19 heavy (non-hydrogen) atoms. The van der Waals surface area contributed by atoms with E-state index in [1.807, 2.05) is 56.3 Å². The summed E-state index contributed by atoms with van der Waals surface area (Å²) in [6, 6.07) is 11.9. The Labute approximate surface area is 115 Å². The lowest BCUT2D eigenvalue weighted by Gasteiger charge is -2.20. The Kier molecular flexibility index (Phi) is 6.04. The standard InChI is InChI=1S/C15H21N3O/c1-12(18(2)3)11-17-15(19)14(10-16)9-13-7-5-4-6-8-13/h4-8,12,14H,9,11H2,1-3H3,(H,17,19). The van der Waals surface area contributed by atoms with Gasteiger partial charge in [0.25, 0.3) is 0 Å². The molecule has 1 amide bonds. The first-order chi connectivity index (χ1) is 9.04. The first-order valence-corrected chi connectivity index (χ1v) is 6.42. The molecule has 0 bridgehead atoms. The van der Waals surface area contributed by atoms with Crippen molar-refractivity contribution in [2.45, 2.75) is 19.4 Å². The van der Waals surface area contributed by atoms with Crippen LogP contribution in [0.25, 0.3) is 0 Å². The summed E-state index contributed by atoms with van der Waals surface area (Å²) in [7, 11) is 3.92. The zero-order valence-corrected chi connectivity index (χ0v) is 11.8. The van der Waals surface area contributed by atoms with E-state index >= 15 is 0 Å². The van der Waals surface area contributed by atoms with Crippen molar-refractivity contribution in [3.63, 3.8) is 0 Å². The molecule has 1 aromatic rings. The van der Waals surface area contributed by atoms with Crippen molar-refractivity contribution in [1.29, 1.82) is 5.26 Å². The van der Waals surface area contributed by atoms with Crippen molar-refractivity contribution in [2.24, 2.45) is 5.92 Å². The van der Waals surface area contributed by atoms with E-state index in [0.29, 0.717) is 13.0 Å². The summed E-state index contributed by atoms with van der Waals surface area (Å²) < 4.78 is 0. The van der Waals surface area contributed by atoms with Gasteiger partial charge in [0, 0.05) is 12.6 Å². The number of hydrogen-bond donors (Lipinski definition) is 1. The summed E-state index contributed by atoms with van der Waals surface area (Å²) in [5.74, 6) is -0.822. The molecule has 0 saturated heterocycles. The van der Waals surface area contributed by atoms with E-state index < -0.39 is 5.92 Å². The van der Waals surface area contributed by atoms with Crippen LogP contribution >= 0.6 is 0 Å². The van der Waals surface area contributed by atoms with Crippen molar-refractivity contribution >= 4 is 5.91 Å². The molecule has 1 N–H and O–H groups in total. The lowest BCUT2D eigenvalue weighted by molar-refractivity contribution is -0.123. The molecule has 4 nitrogen and oxygen atoms in total. The third-order valence-corrected chi connectivity index (χ3v) is 3.21. The molecule has 0 spiro atoms. The van der Waals surface area contributed by atoms with Crippen LogP contribution in [0, 0.1) is 17.2 Å². The number of nitrogens with zero attached hydrogens (tertiary/aromatic N) is 2. The number of rotatable bonds is 6. The monoisotopic (exact) mass is 259 g/mol. The third-order valence-electron chi connectivity index (χ3n) is 3.21. The fourth-order valence-corrected chi connectivity index (χ4v) is 1.60. The zero-order chi connectivity index (χ0) is 14.3. The Morgan fingerprint density at radius 1 is 1.37 bits per heavy atom. The topological polar surface area (TPSA) is 56.1 Å². The van der Waals surface area contributed by atoms with Crippen LogP contribution in [0.15, 0.2) is 30.3 Å². The predicted octanol–water partition coefficient (Wildman–Crippen LogP) is 1.44. The normalized spacial score (nSPS) is 13.6. The fraction of sp³-hybridized carbons (Fsp3) is 0.467. The molecule has 102 valence electrons. The molecule has 0 fully saturated rings. The minimum absolute atomic E-state index is 0.194. The molecule has 0 radical (unpaired) electrons. The Bertz CT molecular complexity index is 436. The number of carbonyl (C=O) groups excluding carboxylic acids is 1. The van der Waals surface area contributed by atoms with E-state index in [9.17, 15) is 4.79 Å². The largest absolute Gasteiger partial charge is 0.353 e. The van der Waals surface area contributed by atoms with E-state index in [1.54, 1.807) is 0 Å². The summed E-state index contributed by atoms with van der Waals surface area (Å²) in [5, 5.41) is 11.9. The van der Waals surface area contributed by atoms with Gasteiger partial charge in [0.15, 0.2) is 0 Å². The van der Waals surface area contributed by atoms with E-state index in [0.717, 1.165) is 5.56 Å². The maximum atomic E-state index is 12.0. The van der Waals surface area contributed by atoms with Gasteiger partial charge in [-0.15, -0.1) is 0 Å². The van der Waals surface area contributed by atoms with Gasteiger partial charge in [0.1, 0.15) is 5.92 Å². The van der Waals surface area contributed by atoms with Gasteiger partial charge >= 0.3 is 0 Å². The number of likely N-dealkylation sites (N-methyl/N-ethyl adjacent to an activating group) is 1. The number of amides is 1. The Morgan fingerprint density at radius 2 is 2.00 bits per heavy atom. The minimum Gasteiger partial charge on any atom is -0.353 e. The van der Waals surface area contributed by atoms with Crippen molar-refractivity contribution in [3.05, 3.63) is 35.9 Å². The molecule has 0 aliphatic heterocycles. The summed E-state index contributed by atoms with van der Waals surface area (Å²) in [6.45, 7) is 2.58. The Balaban J connectivity index is 2.51. The molecule has 0 aliphatic carbocycles. The first-order valence-electron chi connectivity index (χ1n) is 6.42. The first kappa shape index (κ1) is 15.2. The number of hydrogen-bond acceptors (Lipinski definition) is 3. The van der Waals surface area contributed by atoms with Crippen molar-refractivity contribution in [2.75, 3.05) is 20.6 Å². The SMILES string of the molecule is CC(CNC(=O)C(C#N)Cc1ccccc1)N(C)C. The molecule has 1 aromatic carbocycles. The van der Waals surface area contributed by atoms with Crippen LogP contribution in [0.1, 0.15) is 12.5 Å². The molecule has 0 aliphatic rings. The lowest BCUT2D eigenvalue weighted by Crippen LogP contribution is -2.40. The van der Waals surface area contributed by atoms with Crippen LogP contribution < -0.4 is 5.32 Å². The number of benzene rings is 1. The minimum atomic E-state index is -0.628. The molecule has 2 unspecified atom stereocenters. The van der Waals surface area contributed by atoms with Gasteiger partial charge in [-0.3, -0.25) is 4.79 Å². The summed E-state index contributed by atoms with van der Waals surface area (Å²) in [6.07, 6.45) is 0.458. The van der Waals surface area contributed by atoms with Crippen molar-refractivity contribution in [3.8, 4) is 6.07 Å². The summed E-state index contributed by atoms with van der Waals surface area (Å²) >= 11 is 0. The zero-order valence-electron chi connectivity index (χ0n) is 11.8. The van der Waals surface area contributed by atoms with Crippen LogP contribution in [0.2, 0.25) is 0 Å². The van der Waals surface area contributed by atoms with E-state index in [-0.39, 0.29) is 11.9 Å². The molecular weight excluding hydrogens is 238 g/mol. The van der Waals surface area contributed by atoms with Crippen LogP contribution in [0.4, 0.5) is 0 Å². The third kappa shape index (κ3) is 5.11. The van der Waals surface area contributed by atoms with Crippen molar-refractivity contribution < 1.29 is 4.79 Å².